The van der Waals surface area contributed by atoms with Gasteiger partial charge in [-0.05, 0) is 93.9 Å². The standard InChI is InChI=1S/C32H70O11P4/c1-12-36-44(11,37-13-2)29(9)25-27-31(46(34,40-16-5)41-17-6)23-21-20-22-24-32(47(35,42-18-7)43-19-8)28-26-30(10)45(33,38-14-3)39-15-4/h29-32H,11-28H2,1-10H3. The average Bonchev–Trinajstić information content (AvgIpc) is 3.00. The first-order chi connectivity index (χ1) is 22.2. The first kappa shape index (κ1) is 47.7. The summed E-state index contributed by atoms with van der Waals surface area (Å²) in [6, 6.07) is 0. The molecule has 0 heterocycles. The lowest BCUT2D eigenvalue weighted by Crippen LogP contribution is -2.18. The van der Waals surface area contributed by atoms with Crippen LogP contribution >= 0.6 is 30.1 Å². The second-order valence-electron chi connectivity index (χ2n) is 11.5. The summed E-state index contributed by atoms with van der Waals surface area (Å²) in [4.78, 5) is 0. The lowest BCUT2D eigenvalue weighted by atomic mass is 10.0. The van der Waals surface area contributed by atoms with Crippen LogP contribution in [-0.4, -0.2) is 81.8 Å². The molecule has 0 aromatic heterocycles. The van der Waals surface area contributed by atoms with Crippen LogP contribution in [0.1, 0.15) is 127 Å². The first-order valence-corrected chi connectivity index (χ1v) is 24.6. The molecule has 47 heavy (non-hydrogen) atoms. The molecule has 0 amide bonds. The Kier molecular flexibility index (Phi) is 26.0. The van der Waals surface area contributed by atoms with Crippen molar-refractivity contribution in [2.45, 2.75) is 150 Å². The zero-order valence-electron chi connectivity index (χ0n) is 31.3. The van der Waals surface area contributed by atoms with Crippen molar-refractivity contribution >= 4 is 36.4 Å². The van der Waals surface area contributed by atoms with Gasteiger partial charge in [0.05, 0.1) is 69.8 Å². The summed E-state index contributed by atoms with van der Waals surface area (Å²) in [5, 5.41) is 0. The van der Waals surface area contributed by atoms with Gasteiger partial charge in [0.15, 0.2) is 0 Å². The second-order valence-corrected chi connectivity index (χ2v) is 21.5. The van der Waals surface area contributed by atoms with Crippen LogP contribution in [0.25, 0.3) is 0 Å². The van der Waals surface area contributed by atoms with Gasteiger partial charge in [-0.25, -0.2) is 0 Å². The number of rotatable bonds is 32. The highest BCUT2D eigenvalue weighted by atomic mass is 31.2. The Morgan fingerprint density at radius 1 is 0.404 bits per heavy atom. The van der Waals surface area contributed by atoms with E-state index in [1.54, 1.807) is 13.8 Å². The van der Waals surface area contributed by atoms with Gasteiger partial charge in [-0.15, -0.1) is 0 Å². The van der Waals surface area contributed by atoms with E-state index >= 15 is 0 Å². The summed E-state index contributed by atoms with van der Waals surface area (Å²) in [5.41, 5.74) is -0.928. The zero-order chi connectivity index (χ0) is 36.0. The van der Waals surface area contributed by atoms with Gasteiger partial charge >= 0.3 is 22.8 Å². The second kappa shape index (κ2) is 25.6. The van der Waals surface area contributed by atoms with Crippen molar-refractivity contribution in [3.05, 3.63) is 0 Å². The summed E-state index contributed by atoms with van der Waals surface area (Å²) in [7, 11) is -12.4. The highest BCUT2D eigenvalue weighted by molar-refractivity contribution is 7.65. The molecule has 0 N–H and O–H groups in total. The molecule has 0 aliphatic rings. The van der Waals surface area contributed by atoms with Crippen LogP contribution in [0.4, 0.5) is 0 Å². The van der Waals surface area contributed by atoms with E-state index in [1.807, 2.05) is 48.5 Å². The van der Waals surface area contributed by atoms with Crippen molar-refractivity contribution in [1.82, 2.24) is 0 Å². The molecule has 0 bridgehead atoms. The third-order valence-corrected chi connectivity index (χ3v) is 18.9. The van der Waals surface area contributed by atoms with Crippen LogP contribution in [0.2, 0.25) is 0 Å². The normalized spacial score (nSPS) is 15.9. The Labute approximate surface area is 288 Å². The van der Waals surface area contributed by atoms with Crippen molar-refractivity contribution in [2.24, 2.45) is 0 Å². The van der Waals surface area contributed by atoms with E-state index in [0.717, 1.165) is 25.7 Å². The van der Waals surface area contributed by atoms with Crippen molar-refractivity contribution < 1.29 is 49.9 Å². The minimum atomic E-state index is -3.41. The highest BCUT2D eigenvalue weighted by Crippen LogP contribution is 2.60. The van der Waals surface area contributed by atoms with E-state index in [1.165, 1.54) is 0 Å². The van der Waals surface area contributed by atoms with Crippen LogP contribution in [-0.2, 0) is 49.9 Å². The molecule has 0 saturated carbocycles. The molecule has 11 nitrogen and oxygen atoms in total. The zero-order valence-corrected chi connectivity index (χ0v) is 34.9. The van der Waals surface area contributed by atoms with Crippen LogP contribution in [0.3, 0.4) is 0 Å². The minimum absolute atomic E-state index is 0.0665. The maximum atomic E-state index is 14.0. The van der Waals surface area contributed by atoms with Gasteiger partial charge in [-0.3, -0.25) is 13.7 Å². The van der Waals surface area contributed by atoms with E-state index in [4.69, 9.17) is 36.2 Å². The van der Waals surface area contributed by atoms with Crippen LogP contribution in [0.15, 0.2) is 0 Å². The molecule has 0 aliphatic heterocycles. The fraction of sp³-hybridized carbons (Fsp3) is 0.969. The molecule has 0 rings (SSSR count). The van der Waals surface area contributed by atoms with E-state index in [0.29, 0.717) is 58.5 Å². The van der Waals surface area contributed by atoms with Gasteiger partial charge in [0.1, 0.15) is 7.34 Å². The average molecular weight is 755 g/mol. The molecule has 0 radical (unpaired) electrons. The maximum absolute atomic E-state index is 14.0. The predicted molar refractivity (Wildman–Crippen MR) is 198 cm³/mol. The van der Waals surface area contributed by atoms with E-state index in [9.17, 15) is 13.7 Å². The summed E-state index contributed by atoms with van der Waals surface area (Å²) >= 11 is 0. The van der Waals surface area contributed by atoms with Crippen LogP contribution < -0.4 is 0 Å². The Morgan fingerprint density at radius 3 is 1.02 bits per heavy atom. The molecule has 0 aromatic carbocycles. The maximum Gasteiger partial charge on any atom is 0.333 e. The van der Waals surface area contributed by atoms with Gasteiger partial charge in [-0.2, -0.15) is 0 Å². The molecule has 284 valence electrons. The Hall–Kier alpha value is 0.670. The van der Waals surface area contributed by atoms with Gasteiger partial charge < -0.3 is 36.2 Å². The number of hydrogen-bond donors (Lipinski definition) is 0. The van der Waals surface area contributed by atoms with Crippen molar-refractivity contribution in [3.8, 4) is 0 Å². The third kappa shape index (κ3) is 16.7. The van der Waals surface area contributed by atoms with Crippen molar-refractivity contribution in [1.29, 1.82) is 0 Å². The summed E-state index contributed by atoms with van der Waals surface area (Å²) in [6.45, 7) is 21.5. The first-order valence-electron chi connectivity index (χ1n) is 17.9. The molecular formula is C32H70O11P4. The highest BCUT2D eigenvalue weighted by Gasteiger charge is 2.39. The smallest absolute Gasteiger partial charge is 0.333 e. The lowest BCUT2D eigenvalue weighted by Gasteiger charge is -2.32. The lowest BCUT2D eigenvalue weighted by molar-refractivity contribution is 0.203. The quantitative estimate of drug-likeness (QED) is 0.0481. The van der Waals surface area contributed by atoms with Crippen molar-refractivity contribution in [3.63, 3.8) is 0 Å². The van der Waals surface area contributed by atoms with Gasteiger partial charge in [0, 0.05) is 5.66 Å². The minimum Gasteiger partial charge on any atom is -0.338 e. The van der Waals surface area contributed by atoms with E-state index in [2.05, 4.69) is 13.2 Å². The molecule has 4 atom stereocenters. The Balaban J connectivity index is 5.75. The largest absolute Gasteiger partial charge is 0.338 e. The summed E-state index contributed by atoms with van der Waals surface area (Å²) in [6.07, 6.45) is 10.4. The third-order valence-electron chi connectivity index (χ3n) is 8.07. The Bertz CT molecular complexity index is 880. The van der Waals surface area contributed by atoms with Crippen LogP contribution in [0.5, 0.6) is 0 Å². The van der Waals surface area contributed by atoms with Crippen molar-refractivity contribution in [2.75, 3.05) is 52.9 Å². The topological polar surface area (TPSA) is 125 Å². The summed E-state index contributed by atoms with van der Waals surface area (Å²) < 4.78 is 87.5. The summed E-state index contributed by atoms with van der Waals surface area (Å²) in [5.74, 6) is 0. The molecule has 15 heteroatoms. The van der Waals surface area contributed by atoms with E-state index < -0.39 is 30.1 Å². The van der Waals surface area contributed by atoms with Gasteiger partial charge in [0.25, 0.3) is 0 Å². The SMILES string of the molecule is C=P(OCC)(OCC)C(C)CCC(CCCCCC(CCC(C)P(=O)(OCC)OCC)P(=O)(OCC)OCC)P(=O)(OCC)OCC. The van der Waals surface area contributed by atoms with Crippen LogP contribution in [0, 0.1) is 0 Å². The van der Waals surface area contributed by atoms with Gasteiger partial charge in [-0.1, -0.05) is 39.4 Å². The predicted octanol–water partition coefficient (Wildman–Crippen LogP) is 11.2. The Morgan fingerprint density at radius 2 is 0.702 bits per heavy atom. The molecule has 4 unspecified atom stereocenters. The fourth-order valence-electron chi connectivity index (χ4n) is 5.68. The molecule has 0 spiro atoms. The molecule has 0 saturated heterocycles. The molecular weight excluding hydrogens is 684 g/mol. The molecule has 0 fully saturated rings. The monoisotopic (exact) mass is 754 g/mol. The van der Waals surface area contributed by atoms with E-state index in [-0.39, 0.29) is 49.1 Å². The number of hydrogen-bond acceptors (Lipinski definition) is 11. The molecule has 0 aliphatic carbocycles. The van der Waals surface area contributed by atoms with Gasteiger partial charge in [0.2, 0.25) is 0 Å². The number of unbranched alkanes of at least 4 members (excludes halogenated alkanes) is 2. The molecule has 0 aromatic rings. The fourth-order valence-corrected chi connectivity index (χ4v) is 13.8.